The minimum atomic E-state index is -3.68. The number of aliphatic hydroxyl groups is 1. The third-order valence-electron chi connectivity index (χ3n) is 3.61. The predicted octanol–water partition coefficient (Wildman–Crippen LogP) is 0.946. The number of hydrogen-bond acceptors (Lipinski definition) is 6. The summed E-state index contributed by atoms with van der Waals surface area (Å²) < 4.78 is 26.6. The smallest absolute Gasteiger partial charge is 0.244 e. The van der Waals surface area contributed by atoms with Crippen LogP contribution in [-0.2, 0) is 10.0 Å². The van der Waals surface area contributed by atoms with Crippen molar-refractivity contribution in [1.82, 2.24) is 9.29 Å². The number of hydrazine groups is 1. The Balaban J connectivity index is 2.27. The molecular weight excluding hydrogens is 316 g/mol. The maximum atomic E-state index is 12.6. The molecule has 1 fully saturated rings. The zero-order valence-corrected chi connectivity index (χ0v) is 13.3. The normalized spacial score (nSPS) is 24.6. The monoisotopic (exact) mass is 334 g/mol. The molecule has 1 aliphatic rings. The van der Waals surface area contributed by atoms with E-state index in [-0.39, 0.29) is 22.3 Å². The number of pyridine rings is 1. The number of nitrogens with two attached hydrogens (primary N) is 1. The van der Waals surface area contributed by atoms with E-state index in [0.29, 0.717) is 25.8 Å². The standard InChI is InChI=1S/C12H19ClN4O3S/c1-12(18)3-2-5-17(6-4-12)21(19,20)9-7-10(13)11(16-14)15-8-9/h7-8,18H,2-6,14H2,1H3,(H,15,16). The fourth-order valence-corrected chi connectivity index (χ4v) is 4.03. The maximum absolute atomic E-state index is 12.6. The van der Waals surface area contributed by atoms with Gasteiger partial charge in [0.25, 0.3) is 0 Å². The number of hydrogen-bond donors (Lipinski definition) is 3. The van der Waals surface area contributed by atoms with Crippen molar-refractivity contribution < 1.29 is 13.5 Å². The second-order valence-electron chi connectivity index (χ2n) is 5.40. The van der Waals surface area contributed by atoms with E-state index < -0.39 is 15.6 Å². The third kappa shape index (κ3) is 3.64. The number of nitrogens with one attached hydrogen (secondary N) is 1. The van der Waals surface area contributed by atoms with Crippen LogP contribution in [0.25, 0.3) is 0 Å². The zero-order valence-electron chi connectivity index (χ0n) is 11.7. The molecule has 1 aromatic rings. The second kappa shape index (κ2) is 6.05. The van der Waals surface area contributed by atoms with Crippen molar-refractivity contribution in [1.29, 1.82) is 0 Å². The molecule has 0 amide bonds. The molecule has 1 unspecified atom stereocenters. The Morgan fingerprint density at radius 2 is 2.19 bits per heavy atom. The van der Waals surface area contributed by atoms with E-state index in [1.54, 1.807) is 6.92 Å². The van der Waals surface area contributed by atoms with Crippen LogP contribution in [-0.4, -0.2) is 41.5 Å². The minimum Gasteiger partial charge on any atom is -0.390 e. The molecule has 0 saturated carbocycles. The van der Waals surface area contributed by atoms with Crippen molar-refractivity contribution in [3.05, 3.63) is 17.3 Å². The Morgan fingerprint density at radius 3 is 2.81 bits per heavy atom. The Kier molecular flexibility index (Phi) is 4.74. The molecule has 9 heteroatoms. The molecule has 21 heavy (non-hydrogen) atoms. The van der Waals surface area contributed by atoms with Crippen molar-refractivity contribution in [3.8, 4) is 0 Å². The highest BCUT2D eigenvalue weighted by atomic mass is 35.5. The molecule has 1 aliphatic heterocycles. The van der Waals surface area contributed by atoms with Gasteiger partial charge in [-0.15, -0.1) is 0 Å². The molecule has 1 saturated heterocycles. The Morgan fingerprint density at radius 1 is 1.48 bits per heavy atom. The van der Waals surface area contributed by atoms with Gasteiger partial charge in [-0.1, -0.05) is 11.6 Å². The van der Waals surface area contributed by atoms with Crippen molar-refractivity contribution in [3.63, 3.8) is 0 Å². The minimum absolute atomic E-state index is 0.0213. The van der Waals surface area contributed by atoms with Crippen LogP contribution in [0.2, 0.25) is 5.02 Å². The quantitative estimate of drug-likeness (QED) is 0.561. The summed E-state index contributed by atoms with van der Waals surface area (Å²) in [5.74, 6) is 5.44. The van der Waals surface area contributed by atoms with Crippen LogP contribution in [0.3, 0.4) is 0 Å². The van der Waals surface area contributed by atoms with E-state index >= 15 is 0 Å². The number of aromatic nitrogens is 1. The van der Waals surface area contributed by atoms with Gasteiger partial charge in [0.1, 0.15) is 4.90 Å². The summed E-state index contributed by atoms with van der Waals surface area (Å²) in [6.07, 6.45) is 2.80. The van der Waals surface area contributed by atoms with Gasteiger partial charge in [0.05, 0.1) is 10.6 Å². The SMILES string of the molecule is CC1(O)CCCN(S(=O)(=O)c2cnc(NN)c(Cl)c2)CC1. The average Bonchev–Trinajstić information content (AvgIpc) is 2.60. The van der Waals surface area contributed by atoms with Crippen molar-refractivity contribution in [2.45, 2.75) is 36.7 Å². The molecule has 1 atom stereocenters. The van der Waals surface area contributed by atoms with Gasteiger partial charge in [0, 0.05) is 19.3 Å². The molecule has 0 radical (unpaired) electrons. The van der Waals surface area contributed by atoms with Gasteiger partial charge in [-0.3, -0.25) is 0 Å². The van der Waals surface area contributed by atoms with Gasteiger partial charge < -0.3 is 10.5 Å². The summed E-state index contributed by atoms with van der Waals surface area (Å²) >= 11 is 5.92. The molecule has 7 nitrogen and oxygen atoms in total. The molecular formula is C12H19ClN4O3S. The van der Waals surface area contributed by atoms with Crippen LogP contribution in [0.15, 0.2) is 17.2 Å². The summed E-state index contributed by atoms with van der Waals surface area (Å²) in [4.78, 5) is 3.91. The fraction of sp³-hybridized carbons (Fsp3) is 0.583. The van der Waals surface area contributed by atoms with E-state index in [2.05, 4.69) is 10.4 Å². The lowest BCUT2D eigenvalue weighted by molar-refractivity contribution is 0.0465. The fourth-order valence-electron chi connectivity index (χ4n) is 2.30. The number of nitrogens with zero attached hydrogens (tertiary/aromatic N) is 2. The van der Waals surface area contributed by atoms with Crippen LogP contribution in [0.1, 0.15) is 26.2 Å². The predicted molar refractivity (Wildman–Crippen MR) is 80.3 cm³/mol. The van der Waals surface area contributed by atoms with Gasteiger partial charge in [-0.05, 0) is 32.3 Å². The molecule has 0 spiro atoms. The summed E-state index contributed by atoms with van der Waals surface area (Å²) in [5.41, 5.74) is 1.46. The van der Waals surface area contributed by atoms with E-state index in [9.17, 15) is 13.5 Å². The van der Waals surface area contributed by atoms with Crippen molar-refractivity contribution in [2.75, 3.05) is 18.5 Å². The Labute approximate surface area is 129 Å². The number of halogens is 1. The zero-order chi connectivity index (χ0) is 15.7. The number of sulfonamides is 1. The van der Waals surface area contributed by atoms with Crippen LogP contribution in [0, 0.1) is 0 Å². The summed E-state index contributed by atoms with van der Waals surface area (Å²) in [6.45, 7) is 2.36. The van der Waals surface area contributed by atoms with E-state index in [0.717, 1.165) is 0 Å². The summed E-state index contributed by atoms with van der Waals surface area (Å²) in [7, 11) is -3.68. The van der Waals surface area contributed by atoms with Crippen LogP contribution < -0.4 is 11.3 Å². The highest BCUT2D eigenvalue weighted by molar-refractivity contribution is 7.89. The van der Waals surface area contributed by atoms with Crippen molar-refractivity contribution >= 4 is 27.4 Å². The van der Waals surface area contributed by atoms with Gasteiger partial charge in [-0.2, -0.15) is 4.31 Å². The molecule has 4 N–H and O–H groups in total. The molecule has 0 bridgehead atoms. The molecule has 118 valence electrons. The van der Waals surface area contributed by atoms with Crippen LogP contribution in [0.5, 0.6) is 0 Å². The Bertz CT molecular complexity index is 621. The first-order valence-corrected chi connectivity index (χ1v) is 8.43. The van der Waals surface area contributed by atoms with Gasteiger partial charge in [-0.25, -0.2) is 19.2 Å². The first-order chi connectivity index (χ1) is 9.76. The summed E-state index contributed by atoms with van der Waals surface area (Å²) in [5, 5.41) is 10.2. The van der Waals surface area contributed by atoms with E-state index in [4.69, 9.17) is 17.4 Å². The number of rotatable bonds is 3. The Hall–Kier alpha value is -0.930. The maximum Gasteiger partial charge on any atom is 0.244 e. The van der Waals surface area contributed by atoms with Gasteiger partial charge in [0.2, 0.25) is 10.0 Å². The van der Waals surface area contributed by atoms with E-state index in [1.807, 2.05) is 0 Å². The molecule has 2 heterocycles. The topological polar surface area (TPSA) is 109 Å². The highest BCUT2D eigenvalue weighted by Crippen LogP contribution is 2.27. The lowest BCUT2D eigenvalue weighted by atomic mass is 9.98. The molecule has 1 aromatic heterocycles. The summed E-state index contributed by atoms with van der Waals surface area (Å²) in [6, 6.07) is 1.32. The van der Waals surface area contributed by atoms with E-state index in [1.165, 1.54) is 16.6 Å². The first-order valence-electron chi connectivity index (χ1n) is 6.61. The number of anilines is 1. The third-order valence-corrected chi connectivity index (χ3v) is 5.77. The molecule has 0 aliphatic carbocycles. The van der Waals surface area contributed by atoms with Gasteiger partial charge >= 0.3 is 0 Å². The lowest BCUT2D eigenvalue weighted by Gasteiger charge is -2.22. The largest absolute Gasteiger partial charge is 0.390 e. The van der Waals surface area contributed by atoms with Gasteiger partial charge in [0.15, 0.2) is 5.82 Å². The highest BCUT2D eigenvalue weighted by Gasteiger charge is 2.32. The molecule has 2 rings (SSSR count). The number of nitrogen functional groups attached to an aromatic ring is 1. The average molecular weight is 335 g/mol. The first kappa shape index (κ1) is 16.4. The van der Waals surface area contributed by atoms with Crippen LogP contribution in [0.4, 0.5) is 5.82 Å². The second-order valence-corrected chi connectivity index (χ2v) is 7.75. The van der Waals surface area contributed by atoms with Crippen LogP contribution >= 0.6 is 11.6 Å². The van der Waals surface area contributed by atoms with Crippen molar-refractivity contribution in [2.24, 2.45) is 5.84 Å². The lowest BCUT2D eigenvalue weighted by Crippen LogP contribution is -2.33. The molecule has 0 aromatic carbocycles.